The number of nitrogens with zero attached hydrogens (tertiary/aromatic N) is 1. The molecule has 2 rings (SSSR count). The molecule has 0 unspecified atom stereocenters. The van der Waals surface area contributed by atoms with E-state index in [-0.39, 0.29) is 12.5 Å². The summed E-state index contributed by atoms with van der Waals surface area (Å²) < 4.78 is 4.94. The molecule has 0 aliphatic carbocycles. The standard InChI is InChI=1S/C15H19N3O2/c1-20-10-4-8-16-11-14(19)18-13-7-2-5-12-6-3-9-17-15(12)13/h2-3,5-7,9,16H,4,8,10-11H2,1H3,(H,18,19). The SMILES string of the molecule is COCCCNCC(=O)Nc1cccc2cccnc12. The average Bonchev–Trinajstić information content (AvgIpc) is 2.47. The Labute approximate surface area is 118 Å². The van der Waals surface area contributed by atoms with Gasteiger partial charge in [-0.05, 0) is 25.1 Å². The van der Waals surface area contributed by atoms with Crippen molar-refractivity contribution in [3.63, 3.8) is 0 Å². The lowest BCUT2D eigenvalue weighted by Gasteiger charge is -2.08. The van der Waals surface area contributed by atoms with Gasteiger partial charge in [0.1, 0.15) is 0 Å². The van der Waals surface area contributed by atoms with Gasteiger partial charge >= 0.3 is 0 Å². The van der Waals surface area contributed by atoms with Gasteiger partial charge in [-0.3, -0.25) is 9.78 Å². The van der Waals surface area contributed by atoms with Crippen molar-refractivity contribution in [3.8, 4) is 0 Å². The smallest absolute Gasteiger partial charge is 0.238 e. The van der Waals surface area contributed by atoms with Crippen LogP contribution in [0.3, 0.4) is 0 Å². The molecule has 2 N–H and O–H groups in total. The van der Waals surface area contributed by atoms with E-state index in [1.165, 1.54) is 0 Å². The number of amides is 1. The molecule has 1 amide bonds. The Kier molecular flexibility index (Phi) is 5.46. The van der Waals surface area contributed by atoms with E-state index in [2.05, 4.69) is 15.6 Å². The zero-order valence-electron chi connectivity index (χ0n) is 11.6. The predicted molar refractivity (Wildman–Crippen MR) is 79.7 cm³/mol. The number of rotatable bonds is 7. The number of ether oxygens (including phenoxy) is 1. The van der Waals surface area contributed by atoms with Gasteiger partial charge in [0.05, 0.1) is 17.7 Å². The van der Waals surface area contributed by atoms with Crippen LogP contribution in [0.5, 0.6) is 0 Å². The zero-order valence-corrected chi connectivity index (χ0v) is 11.6. The Balaban J connectivity index is 1.90. The molecule has 1 heterocycles. The summed E-state index contributed by atoms with van der Waals surface area (Å²) in [6, 6.07) is 9.59. The number of aromatic nitrogens is 1. The minimum absolute atomic E-state index is 0.0689. The molecular formula is C15H19N3O2. The minimum Gasteiger partial charge on any atom is -0.385 e. The number of pyridine rings is 1. The molecule has 20 heavy (non-hydrogen) atoms. The first-order chi connectivity index (χ1) is 9.81. The molecule has 2 aromatic rings. The van der Waals surface area contributed by atoms with Gasteiger partial charge in [-0.2, -0.15) is 0 Å². The van der Waals surface area contributed by atoms with Crippen LogP contribution in [0, 0.1) is 0 Å². The first-order valence-electron chi connectivity index (χ1n) is 6.64. The highest BCUT2D eigenvalue weighted by atomic mass is 16.5. The number of benzene rings is 1. The maximum Gasteiger partial charge on any atom is 0.238 e. The third kappa shape index (κ3) is 4.01. The molecule has 5 heteroatoms. The number of methoxy groups -OCH3 is 1. The lowest BCUT2D eigenvalue weighted by atomic mass is 10.2. The van der Waals surface area contributed by atoms with E-state index in [9.17, 15) is 4.79 Å². The lowest BCUT2D eigenvalue weighted by molar-refractivity contribution is -0.115. The highest BCUT2D eigenvalue weighted by Gasteiger charge is 2.05. The Morgan fingerprint density at radius 1 is 1.30 bits per heavy atom. The lowest BCUT2D eigenvalue weighted by Crippen LogP contribution is -2.29. The third-order valence-electron chi connectivity index (χ3n) is 2.89. The molecule has 0 radical (unpaired) electrons. The highest BCUT2D eigenvalue weighted by Crippen LogP contribution is 2.20. The molecule has 0 spiro atoms. The molecule has 106 valence electrons. The number of nitrogens with one attached hydrogen (secondary N) is 2. The van der Waals surface area contributed by atoms with Crippen molar-refractivity contribution < 1.29 is 9.53 Å². The van der Waals surface area contributed by atoms with Gasteiger partial charge in [0.25, 0.3) is 0 Å². The fourth-order valence-corrected chi connectivity index (χ4v) is 1.94. The number of para-hydroxylation sites is 1. The van der Waals surface area contributed by atoms with Gasteiger partial charge in [-0.25, -0.2) is 0 Å². The summed E-state index contributed by atoms with van der Waals surface area (Å²) in [5.74, 6) is -0.0689. The van der Waals surface area contributed by atoms with Gasteiger partial charge < -0.3 is 15.4 Å². The summed E-state index contributed by atoms with van der Waals surface area (Å²) in [5, 5.41) is 6.97. The van der Waals surface area contributed by atoms with Crippen molar-refractivity contribution in [2.24, 2.45) is 0 Å². The van der Waals surface area contributed by atoms with Crippen LogP contribution >= 0.6 is 0 Å². The van der Waals surface area contributed by atoms with Crippen LogP contribution in [0.2, 0.25) is 0 Å². The number of carbonyl (C=O) groups is 1. The van der Waals surface area contributed by atoms with E-state index >= 15 is 0 Å². The van der Waals surface area contributed by atoms with E-state index in [0.717, 1.165) is 29.6 Å². The van der Waals surface area contributed by atoms with Crippen LogP contribution < -0.4 is 10.6 Å². The van der Waals surface area contributed by atoms with Gasteiger partial charge in [-0.15, -0.1) is 0 Å². The summed E-state index contributed by atoms with van der Waals surface area (Å²) in [4.78, 5) is 16.2. The van der Waals surface area contributed by atoms with E-state index < -0.39 is 0 Å². The molecule has 0 saturated heterocycles. The second-order valence-electron chi connectivity index (χ2n) is 4.45. The number of hydrogen-bond donors (Lipinski definition) is 2. The Morgan fingerprint density at radius 2 is 2.15 bits per heavy atom. The van der Waals surface area contributed by atoms with Crippen LogP contribution in [0.15, 0.2) is 36.5 Å². The number of fused-ring (bicyclic) bond motifs is 1. The summed E-state index contributed by atoms with van der Waals surface area (Å²) >= 11 is 0. The minimum atomic E-state index is -0.0689. The quantitative estimate of drug-likeness (QED) is 0.755. The van der Waals surface area contributed by atoms with Crippen molar-refractivity contribution in [2.75, 3.05) is 32.1 Å². The summed E-state index contributed by atoms with van der Waals surface area (Å²) in [6.45, 7) is 1.74. The molecule has 1 aromatic heterocycles. The number of anilines is 1. The maximum atomic E-state index is 11.9. The van der Waals surface area contributed by atoms with Crippen LogP contribution in [-0.4, -0.2) is 37.7 Å². The second kappa shape index (κ2) is 7.57. The third-order valence-corrected chi connectivity index (χ3v) is 2.89. The Morgan fingerprint density at radius 3 is 3.00 bits per heavy atom. The van der Waals surface area contributed by atoms with Crippen molar-refractivity contribution >= 4 is 22.5 Å². The van der Waals surface area contributed by atoms with Crippen molar-refractivity contribution in [3.05, 3.63) is 36.5 Å². The van der Waals surface area contributed by atoms with Crippen molar-refractivity contribution in [1.29, 1.82) is 0 Å². The van der Waals surface area contributed by atoms with Crippen molar-refractivity contribution in [1.82, 2.24) is 10.3 Å². The Hall–Kier alpha value is -1.98. The van der Waals surface area contributed by atoms with Crippen LogP contribution in [-0.2, 0) is 9.53 Å². The molecular weight excluding hydrogens is 254 g/mol. The van der Waals surface area contributed by atoms with E-state index in [1.807, 2.05) is 30.3 Å². The van der Waals surface area contributed by atoms with E-state index in [0.29, 0.717) is 6.61 Å². The second-order valence-corrected chi connectivity index (χ2v) is 4.45. The molecule has 0 atom stereocenters. The Bertz CT molecular complexity index is 567. The van der Waals surface area contributed by atoms with Gasteiger partial charge in [0, 0.05) is 25.3 Å². The fraction of sp³-hybridized carbons (Fsp3) is 0.333. The monoisotopic (exact) mass is 273 g/mol. The summed E-state index contributed by atoms with van der Waals surface area (Å²) in [6.07, 6.45) is 2.61. The van der Waals surface area contributed by atoms with Gasteiger partial charge in [0.15, 0.2) is 0 Å². The fourth-order valence-electron chi connectivity index (χ4n) is 1.94. The number of carbonyl (C=O) groups excluding carboxylic acids is 1. The normalized spacial score (nSPS) is 10.7. The van der Waals surface area contributed by atoms with Crippen molar-refractivity contribution in [2.45, 2.75) is 6.42 Å². The van der Waals surface area contributed by atoms with E-state index in [4.69, 9.17) is 4.74 Å². The molecule has 5 nitrogen and oxygen atoms in total. The van der Waals surface area contributed by atoms with Gasteiger partial charge in [-0.1, -0.05) is 18.2 Å². The summed E-state index contributed by atoms with van der Waals surface area (Å²) in [7, 11) is 1.67. The molecule has 1 aromatic carbocycles. The summed E-state index contributed by atoms with van der Waals surface area (Å²) in [5.41, 5.74) is 1.55. The molecule has 0 aliphatic heterocycles. The van der Waals surface area contributed by atoms with E-state index in [1.54, 1.807) is 13.3 Å². The first-order valence-corrected chi connectivity index (χ1v) is 6.64. The van der Waals surface area contributed by atoms with Crippen LogP contribution in [0.1, 0.15) is 6.42 Å². The van der Waals surface area contributed by atoms with Crippen LogP contribution in [0.25, 0.3) is 10.9 Å². The van der Waals surface area contributed by atoms with Gasteiger partial charge in [0.2, 0.25) is 5.91 Å². The maximum absolute atomic E-state index is 11.9. The number of hydrogen-bond acceptors (Lipinski definition) is 4. The molecule has 0 saturated carbocycles. The van der Waals surface area contributed by atoms with Crippen LogP contribution in [0.4, 0.5) is 5.69 Å². The average molecular weight is 273 g/mol. The molecule has 0 aliphatic rings. The first kappa shape index (κ1) is 14.4. The zero-order chi connectivity index (χ0) is 14.2. The molecule has 0 fully saturated rings. The largest absolute Gasteiger partial charge is 0.385 e. The predicted octanol–water partition coefficient (Wildman–Crippen LogP) is 1.80. The highest BCUT2D eigenvalue weighted by molar-refractivity contribution is 6.00. The molecule has 0 bridgehead atoms. The topological polar surface area (TPSA) is 63.2 Å².